The van der Waals surface area contributed by atoms with Gasteiger partial charge in [0.15, 0.2) is 0 Å². The molecule has 0 aromatic carbocycles. The Kier molecular flexibility index (Phi) is 4.40. The van der Waals surface area contributed by atoms with Crippen molar-refractivity contribution in [2.45, 2.75) is 25.7 Å². The molecule has 0 bridgehead atoms. The number of alkyl halides is 4. The first-order chi connectivity index (χ1) is 4.98. The molecule has 1 unspecified atom stereocenters. The molecule has 0 amide bonds. The lowest BCUT2D eigenvalue weighted by Crippen LogP contribution is -2.29. The van der Waals surface area contributed by atoms with E-state index in [9.17, 15) is 17.6 Å². The van der Waals surface area contributed by atoms with E-state index in [0.29, 0.717) is 6.42 Å². The van der Waals surface area contributed by atoms with Gasteiger partial charge in [0.05, 0.1) is 6.61 Å². The summed E-state index contributed by atoms with van der Waals surface area (Å²) in [4.78, 5) is 0. The van der Waals surface area contributed by atoms with E-state index in [1.165, 1.54) is 0 Å². The fourth-order valence-electron chi connectivity index (χ4n) is 0.426. The van der Waals surface area contributed by atoms with Crippen LogP contribution in [0.4, 0.5) is 17.6 Å². The molecule has 68 valence electrons. The van der Waals surface area contributed by atoms with E-state index >= 15 is 0 Å². The van der Waals surface area contributed by atoms with Gasteiger partial charge in [-0.1, -0.05) is 6.92 Å². The summed E-state index contributed by atoms with van der Waals surface area (Å²) in [5, 5.41) is 0. The topological polar surface area (TPSA) is 9.23 Å². The van der Waals surface area contributed by atoms with Crippen LogP contribution in [0.3, 0.4) is 0 Å². The van der Waals surface area contributed by atoms with Crippen LogP contribution in [-0.2, 0) is 4.74 Å². The highest BCUT2D eigenvalue weighted by Gasteiger charge is 2.40. The molecule has 0 spiro atoms. The Hall–Kier alpha value is -0.320. The van der Waals surface area contributed by atoms with Gasteiger partial charge >= 0.3 is 6.18 Å². The van der Waals surface area contributed by atoms with Gasteiger partial charge in [0.2, 0.25) is 6.17 Å². The molecule has 0 N–H and O–H groups in total. The van der Waals surface area contributed by atoms with E-state index in [-0.39, 0.29) is 6.61 Å². The van der Waals surface area contributed by atoms with Crippen molar-refractivity contribution in [1.29, 1.82) is 0 Å². The molecular formula is C6H10F4O. The number of ether oxygens (including phenoxy) is 1. The molecule has 0 aliphatic heterocycles. The molecule has 5 heteroatoms. The van der Waals surface area contributed by atoms with E-state index in [1.807, 2.05) is 0 Å². The average Bonchev–Trinajstić information content (AvgIpc) is 1.86. The minimum absolute atomic E-state index is 0.163. The lowest BCUT2D eigenvalue weighted by Gasteiger charge is -2.11. The first-order valence-corrected chi connectivity index (χ1v) is 3.27. The molecule has 0 fully saturated rings. The fraction of sp³-hybridized carbons (Fsp3) is 1.00. The molecule has 1 atom stereocenters. The Bertz CT molecular complexity index is 101. The third-order valence-electron chi connectivity index (χ3n) is 0.968. The second-order valence-electron chi connectivity index (χ2n) is 2.08. The summed E-state index contributed by atoms with van der Waals surface area (Å²) >= 11 is 0. The Balaban J connectivity index is 3.44. The van der Waals surface area contributed by atoms with Gasteiger partial charge in [-0.15, -0.1) is 0 Å². The molecular weight excluding hydrogens is 164 g/mol. The van der Waals surface area contributed by atoms with Gasteiger partial charge in [0.1, 0.15) is 0 Å². The summed E-state index contributed by atoms with van der Waals surface area (Å²) in [5.41, 5.74) is 0. The molecule has 11 heavy (non-hydrogen) atoms. The normalized spacial score (nSPS) is 15.0. The molecule has 0 saturated carbocycles. The standard InChI is InChI=1S/C6H10F4O/c1-2-3-11-4-5(7)6(8,9)10/h5H,2-4H2,1H3. The first kappa shape index (κ1) is 10.7. The minimum atomic E-state index is -4.78. The largest absolute Gasteiger partial charge is 0.421 e. The van der Waals surface area contributed by atoms with Gasteiger partial charge < -0.3 is 4.74 Å². The Morgan fingerprint density at radius 2 is 1.91 bits per heavy atom. The molecule has 0 aromatic rings. The van der Waals surface area contributed by atoms with Crippen molar-refractivity contribution in [3.8, 4) is 0 Å². The van der Waals surface area contributed by atoms with E-state index in [0.717, 1.165) is 0 Å². The van der Waals surface area contributed by atoms with E-state index in [1.54, 1.807) is 6.92 Å². The van der Waals surface area contributed by atoms with Crippen LogP contribution in [-0.4, -0.2) is 25.6 Å². The molecule has 0 heterocycles. The maximum absolute atomic E-state index is 12.0. The van der Waals surface area contributed by atoms with Crippen LogP contribution < -0.4 is 0 Å². The quantitative estimate of drug-likeness (QED) is 0.469. The van der Waals surface area contributed by atoms with Crippen LogP contribution >= 0.6 is 0 Å². The van der Waals surface area contributed by atoms with Crippen molar-refractivity contribution in [2.75, 3.05) is 13.2 Å². The lowest BCUT2D eigenvalue weighted by atomic mass is 10.4. The van der Waals surface area contributed by atoms with E-state index in [4.69, 9.17) is 0 Å². The fourth-order valence-corrected chi connectivity index (χ4v) is 0.426. The summed E-state index contributed by atoms with van der Waals surface area (Å²) in [6.07, 6.45) is -7.05. The molecule has 0 rings (SSSR count). The number of hydrogen-bond donors (Lipinski definition) is 0. The maximum atomic E-state index is 12.0. The third kappa shape index (κ3) is 5.01. The van der Waals surface area contributed by atoms with Crippen molar-refractivity contribution in [1.82, 2.24) is 0 Å². The number of hydrogen-bond acceptors (Lipinski definition) is 1. The highest BCUT2D eigenvalue weighted by Crippen LogP contribution is 2.22. The summed E-state index contributed by atoms with van der Waals surface area (Å²) in [5.74, 6) is 0. The number of halogens is 4. The SMILES string of the molecule is CCCOCC(F)C(F)(F)F. The molecule has 0 aromatic heterocycles. The van der Waals surface area contributed by atoms with Crippen molar-refractivity contribution < 1.29 is 22.3 Å². The zero-order chi connectivity index (χ0) is 8.91. The van der Waals surface area contributed by atoms with Gasteiger partial charge in [-0.2, -0.15) is 13.2 Å². The van der Waals surface area contributed by atoms with Crippen LogP contribution in [0.25, 0.3) is 0 Å². The zero-order valence-electron chi connectivity index (χ0n) is 6.12. The summed E-state index contributed by atoms with van der Waals surface area (Å²) in [7, 11) is 0. The highest BCUT2D eigenvalue weighted by atomic mass is 19.4. The molecule has 0 aliphatic rings. The smallest absolute Gasteiger partial charge is 0.378 e. The van der Waals surface area contributed by atoms with Crippen molar-refractivity contribution >= 4 is 0 Å². The first-order valence-electron chi connectivity index (χ1n) is 3.27. The van der Waals surface area contributed by atoms with Gasteiger partial charge in [-0.3, -0.25) is 0 Å². The number of rotatable bonds is 4. The minimum Gasteiger partial charge on any atom is -0.378 e. The zero-order valence-corrected chi connectivity index (χ0v) is 6.12. The van der Waals surface area contributed by atoms with E-state index in [2.05, 4.69) is 4.74 Å². The lowest BCUT2D eigenvalue weighted by molar-refractivity contribution is -0.193. The predicted octanol–water partition coefficient (Wildman–Crippen LogP) is 2.31. The second kappa shape index (κ2) is 4.54. The summed E-state index contributed by atoms with van der Waals surface area (Å²) in [6.45, 7) is 1.01. The monoisotopic (exact) mass is 174 g/mol. The van der Waals surface area contributed by atoms with Gasteiger partial charge in [-0.25, -0.2) is 4.39 Å². The van der Waals surface area contributed by atoms with E-state index < -0.39 is 19.0 Å². The summed E-state index contributed by atoms with van der Waals surface area (Å²) in [6, 6.07) is 0. The Labute approximate surface area is 62.3 Å². The highest BCUT2D eigenvalue weighted by molar-refractivity contribution is 4.63. The van der Waals surface area contributed by atoms with Crippen LogP contribution in [0.15, 0.2) is 0 Å². The van der Waals surface area contributed by atoms with Crippen molar-refractivity contribution in [2.24, 2.45) is 0 Å². The maximum Gasteiger partial charge on any atom is 0.421 e. The average molecular weight is 174 g/mol. The van der Waals surface area contributed by atoms with Crippen LogP contribution in [0.2, 0.25) is 0 Å². The predicted molar refractivity (Wildman–Crippen MR) is 32.1 cm³/mol. The molecule has 0 radical (unpaired) electrons. The molecule has 0 aliphatic carbocycles. The van der Waals surface area contributed by atoms with Crippen LogP contribution in [0.5, 0.6) is 0 Å². The molecule has 1 nitrogen and oxygen atoms in total. The van der Waals surface area contributed by atoms with Gasteiger partial charge in [0.25, 0.3) is 0 Å². The molecule has 0 saturated heterocycles. The third-order valence-corrected chi connectivity index (χ3v) is 0.968. The summed E-state index contributed by atoms with van der Waals surface area (Å²) < 4.78 is 50.6. The van der Waals surface area contributed by atoms with Gasteiger partial charge in [0, 0.05) is 6.61 Å². The van der Waals surface area contributed by atoms with Crippen LogP contribution in [0.1, 0.15) is 13.3 Å². The second-order valence-corrected chi connectivity index (χ2v) is 2.08. The Morgan fingerprint density at radius 3 is 2.27 bits per heavy atom. The van der Waals surface area contributed by atoms with Crippen LogP contribution in [0, 0.1) is 0 Å². The Morgan fingerprint density at radius 1 is 1.36 bits per heavy atom. The van der Waals surface area contributed by atoms with Crippen molar-refractivity contribution in [3.63, 3.8) is 0 Å². The van der Waals surface area contributed by atoms with Crippen molar-refractivity contribution in [3.05, 3.63) is 0 Å². The van der Waals surface area contributed by atoms with Gasteiger partial charge in [-0.05, 0) is 6.42 Å².